The Morgan fingerprint density at radius 2 is 1.89 bits per heavy atom. The summed E-state index contributed by atoms with van der Waals surface area (Å²) in [6, 6.07) is -0.987. The maximum absolute atomic E-state index is 11.9. The molecule has 0 bridgehead atoms. The van der Waals surface area contributed by atoms with Gasteiger partial charge in [0.2, 0.25) is 0 Å². The number of hydrogen-bond acceptors (Lipinski definition) is 3. The van der Waals surface area contributed by atoms with Gasteiger partial charge < -0.3 is 15.2 Å². The molecule has 1 unspecified atom stereocenters. The molecule has 0 spiro atoms. The summed E-state index contributed by atoms with van der Waals surface area (Å²) in [6.07, 6.45) is 1.10. The number of amides is 1. The van der Waals surface area contributed by atoms with Crippen LogP contribution in [0.15, 0.2) is 0 Å². The SMILES string of the molecule is CC(C)(C)OC(=O)NC(CCCCCF)C(=O)O. The van der Waals surface area contributed by atoms with Crippen molar-refractivity contribution in [3.05, 3.63) is 0 Å². The molecule has 6 heteroatoms. The van der Waals surface area contributed by atoms with E-state index in [-0.39, 0.29) is 6.42 Å². The Balaban J connectivity index is 4.11. The number of rotatable bonds is 7. The molecular weight excluding hydrogens is 241 g/mol. The zero-order chi connectivity index (χ0) is 14.2. The third-order valence-corrected chi connectivity index (χ3v) is 2.12. The fraction of sp³-hybridized carbons (Fsp3) is 0.833. The Hall–Kier alpha value is -1.33. The Bertz CT molecular complexity index is 276. The number of hydrogen-bond donors (Lipinski definition) is 2. The lowest BCUT2D eigenvalue weighted by atomic mass is 10.1. The number of carbonyl (C=O) groups is 2. The Morgan fingerprint density at radius 1 is 1.28 bits per heavy atom. The van der Waals surface area contributed by atoms with E-state index in [1.54, 1.807) is 20.8 Å². The van der Waals surface area contributed by atoms with Gasteiger partial charge in [-0.05, 0) is 33.6 Å². The van der Waals surface area contributed by atoms with Crippen molar-refractivity contribution in [1.29, 1.82) is 0 Å². The van der Waals surface area contributed by atoms with E-state index in [2.05, 4.69) is 5.32 Å². The molecule has 0 rings (SSSR count). The van der Waals surface area contributed by atoms with Crippen LogP contribution in [0.25, 0.3) is 0 Å². The van der Waals surface area contributed by atoms with Crippen LogP contribution in [0.4, 0.5) is 9.18 Å². The number of ether oxygens (including phenoxy) is 1. The van der Waals surface area contributed by atoms with Gasteiger partial charge in [0.15, 0.2) is 0 Å². The Kier molecular flexibility index (Phi) is 7.31. The predicted octanol–water partition coefficient (Wildman–Crippen LogP) is 2.49. The number of nitrogens with one attached hydrogen (secondary N) is 1. The molecule has 0 aliphatic heterocycles. The minimum atomic E-state index is -1.11. The van der Waals surface area contributed by atoms with Crippen molar-refractivity contribution in [2.75, 3.05) is 6.67 Å². The first-order chi connectivity index (χ1) is 8.26. The second kappa shape index (κ2) is 7.89. The van der Waals surface area contributed by atoms with Crippen LogP contribution in [0.1, 0.15) is 46.5 Å². The van der Waals surface area contributed by atoms with Gasteiger partial charge in [-0.3, -0.25) is 4.39 Å². The summed E-state index contributed by atoms with van der Waals surface area (Å²) >= 11 is 0. The average molecular weight is 263 g/mol. The van der Waals surface area contributed by atoms with E-state index < -0.39 is 30.4 Å². The number of unbranched alkanes of at least 4 members (excludes halogenated alkanes) is 2. The van der Waals surface area contributed by atoms with Crippen molar-refractivity contribution in [3.8, 4) is 0 Å². The number of carbonyl (C=O) groups excluding carboxylic acids is 1. The minimum absolute atomic E-state index is 0.272. The van der Waals surface area contributed by atoms with Crippen molar-refractivity contribution in [3.63, 3.8) is 0 Å². The monoisotopic (exact) mass is 263 g/mol. The van der Waals surface area contributed by atoms with E-state index in [9.17, 15) is 14.0 Å². The van der Waals surface area contributed by atoms with E-state index >= 15 is 0 Å². The highest BCUT2D eigenvalue weighted by molar-refractivity contribution is 5.79. The number of alkyl carbamates (subject to hydrolysis) is 1. The highest BCUT2D eigenvalue weighted by atomic mass is 19.1. The lowest BCUT2D eigenvalue weighted by molar-refractivity contribution is -0.139. The number of carboxylic acids is 1. The normalized spacial score (nSPS) is 12.9. The zero-order valence-electron chi connectivity index (χ0n) is 11.2. The molecule has 1 amide bonds. The number of halogens is 1. The Morgan fingerprint density at radius 3 is 2.33 bits per heavy atom. The van der Waals surface area contributed by atoms with Gasteiger partial charge in [0.05, 0.1) is 6.67 Å². The quantitative estimate of drug-likeness (QED) is 0.692. The van der Waals surface area contributed by atoms with Gasteiger partial charge in [-0.25, -0.2) is 9.59 Å². The molecule has 0 aromatic carbocycles. The van der Waals surface area contributed by atoms with Crippen molar-refractivity contribution in [2.45, 2.75) is 58.1 Å². The van der Waals surface area contributed by atoms with Gasteiger partial charge in [-0.2, -0.15) is 0 Å². The molecule has 18 heavy (non-hydrogen) atoms. The largest absolute Gasteiger partial charge is 0.480 e. The van der Waals surface area contributed by atoms with E-state index in [0.29, 0.717) is 19.3 Å². The number of aliphatic carboxylic acids is 1. The van der Waals surface area contributed by atoms with Crippen molar-refractivity contribution >= 4 is 12.1 Å². The van der Waals surface area contributed by atoms with Gasteiger partial charge in [0.1, 0.15) is 11.6 Å². The summed E-state index contributed by atoms with van der Waals surface area (Å²) in [5.41, 5.74) is -0.665. The summed E-state index contributed by atoms with van der Waals surface area (Å²) in [7, 11) is 0. The zero-order valence-corrected chi connectivity index (χ0v) is 11.2. The van der Waals surface area contributed by atoms with E-state index in [4.69, 9.17) is 9.84 Å². The average Bonchev–Trinajstić information content (AvgIpc) is 2.19. The van der Waals surface area contributed by atoms with Crippen molar-refractivity contribution < 1.29 is 23.8 Å². The topological polar surface area (TPSA) is 75.6 Å². The van der Waals surface area contributed by atoms with Crippen molar-refractivity contribution in [1.82, 2.24) is 5.32 Å². The molecule has 106 valence electrons. The van der Waals surface area contributed by atoms with Gasteiger partial charge in [-0.1, -0.05) is 12.8 Å². The number of alkyl halides is 1. The highest BCUT2D eigenvalue weighted by Crippen LogP contribution is 2.09. The molecule has 0 aromatic heterocycles. The molecule has 0 saturated heterocycles. The van der Waals surface area contributed by atoms with Gasteiger partial charge in [-0.15, -0.1) is 0 Å². The molecule has 0 aliphatic carbocycles. The van der Waals surface area contributed by atoms with Crippen LogP contribution < -0.4 is 5.32 Å². The fourth-order valence-corrected chi connectivity index (χ4v) is 1.33. The minimum Gasteiger partial charge on any atom is -0.480 e. The van der Waals surface area contributed by atoms with Gasteiger partial charge >= 0.3 is 12.1 Å². The molecule has 0 aromatic rings. The molecule has 1 atom stereocenters. The van der Waals surface area contributed by atoms with E-state index in [1.165, 1.54) is 0 Å². The van der Waals surface area contributed by atoms with Crippen LogP contribution >= 0.6 is 0 Å². The molecule has 5 nitrogen and oxygen atoms in total. The first kappa shape index (κ1) is 16.7. The van der Waals surface area contributed by atoms with Crippen LogP contribution in [-0.2, 0) is 9.53 Å². The molecule has 0 aliphatic rings. The summed E-state index contributed by atoms with van der Waals surface area (Å²) < 4.78 is 16.8. The van der Waals surface area contributed by atoms with Crippen LogP contribution in [0.3, 0.4) is 0 Å². The summed E-state index contributed by atoms with van der Waals surface area (Å²) in [6.45, 7) is 4.69. The first-order valence-electron chi connectivity index (χ1n) is 6.04. The summed E-state index contributed by atoms with van der Waals surface area (Å²) in [4.78, 5) is 22.3. The second-order valence-corrected chi connectivity index (χ2v) is 5.08. The van der Waals surface area contributed by atoms with Gasteiger partial charge in [0.25, 0.3) is 0 Å². The third-order valence-electron chi connectivity index (χ3n) is 2.12. The predicted molar refractivity (Wildman–Crippen MR) is 65.2 cm³/mol. The first-order valence-corrected chi connectivity index (χ1v) is 6.04. The molecule has 2 N–H and O–H groups in total. The van der Waals surface area contributed by atoms with E-state index in [0.717, 1.165) is 0 Å². The Labute approximate surface area is 107 Å². The van der Waals surface area contributed by atoms with Crippen LogP contribution in [-0.4, -0.2) is 35.5 Å². The lowest BCUT2D eigenvalue weighted by Crippen LogP contribution is -2.43. The standard InChI is InChI=1S/C12H22FNO4/c1-12(2,3)18-11(17)14-9(10(15)16)7-5-4-6-8-13/h9H,4-8H2,1-3H3,(H,14,17)(H,15,16). The second-order valence-electron chi connectivity index (χ2n) is 5.08. The fourth-order valence-electron chi connectivity index (χ4n) is 1.33. The maximum atomic E-state index is 11.9. The smallest absolute Gasteiger partial charge is 0.408 e. The van der Waals surface area contributed by atoms with Crippen molar-refractivity contribution in [2.24, 2.45) is 0 Å². The lowest BCUT2D eigenvalue weighted by Gasteiger charge is -2.21. The molecule has 0 heterocycles. The molecular formula is C12H22FNO4. The molecule has 0 radical (unpaired) electrons. The van der Waals surface area contributed by atoms with E-state index in [1.807, 2.05) is 0 Å². The van der Waals surface area contributed by atoms with Gasteiger partial charge in [0, 0.05) is 0 Å². The summed E-state index contributed by atoms with van der Waals surface area (Å²) in [5.74, 6) is -1.11. The third kappa shape index (κ3) is 8.78. The van der Waals surface area contributed by atoms with Crippen LogP contribution in [0, 0.1) is 0 Å². The van der Waals surface area contributed by atoms with Crippen LogP contribution in [0.5, 0.6) is 0 Å². The molecule has 0 fully saturated rings. The maximum Gasteiger partial charge on any atom is 0.408 e. The molecule has 0 saturated carbocycles. The summed E-state index contributed by atoms with van der Waals surface area (Å²) in [5, 5.41) is 11.2. The highest BCUT2D eigenvalue weighted by Gasteiger charge is 2.23. The van der Waals surface area contributed by atoms with Crippen LogP contribution in [0.2, 0.25) is 0 Å². The number of carboxylic acid groups (broad SMARTS) is 1.